The molecular weight excluding hydrogens is 335 g/mol. The molecule has 0 radical (unpaired) electrons. The fourth-order valence-electron chi connectivity index (χ4n) is 2.38. The molecule has 0 aliphatic heterocycles. The number of halogens is 3. The number of nitrogens with two attached hydrogens (primary N) is 1. The van der Waals surface area contributed by atoms with E-state index in [1.54, 1.807) is 12.1 Å². The third-order valence-electron chi connectivity index (χ3n) is 3.36. The maximum atomic E-state index is 12.8. The van der Waals surface area contributed by atoms with E-state index in [1.165, 1.54) is 6.20 Å². The van der Waals surface area contributed by atoms with Crippen molar-refractivity contribution in [3.05, 3.63) is 53.2 Å². The van der Waals surface area contributed by atoms with Crippen LogP contribution in [0.3, 0.4) is 0 Å². The number of hydrogen-bond acceptors (Lipinski definition) is 4. The number of benzene rings is 1. The summed E-state index contributed by atoms with van der Waals surface area (Å²) in [6.07, 6.45) is -3.80. The quantitative estimate of drug-likeness (QED) is 0.734. The van der Waals surface area contributed by atoms with Gasteiger partial charge >= 0.3 is 6.18 Å². The SMILES string of the molecule is Cc1cccc(-c2nc(CC(F)(F)F)sc2-c2ccnc(N)c2)c1. The van der Waals surface area contributed by atoms with Gasteiger partial charge in [0.05, 0.1) is 17.0 Å². The molecule has 2 aromatic heterocycles. The van der Waals surface area contributed by atoms with Gasteiger partial charge in [0.1, 0.15) is 10.8 Å². The van der Waals surface area contributed by atoms with Gasteiger partial charge in [-0.05, 0) is 30.7 Å². The lowest BCUT2D eigenvalue weighted by Crippen LogP contribution is -2.11. The Morgan fingerprint density at radius 2 is 1.92 bits per heavy atom. The smallest absolute Gasteiger partial charge is 0.384 e. The molecule has 0 amide bonds. The average Bonchev–Trinajstić information content (AvgIpc) is 2.89. The molecule has 24 heavy (non-hydrogen) atoms. The number of rotatable bonds is 3. The topological polar surface area (TPSA) is 51.8 Å². The fourth-order valence-corrected chi connectivity index (χ4v) is 3.50. The molecule has 0 atom stereocenters. The summed E-state index contributed by atoms with van der Waals surface area (Å²) in [4.78, 5) is 8.84. The van der Waals surface area contributed by atoms with E-state index in [0.717, 1.165) is 22.5 Å². The van der Waals surface area contributed by atoms with Crippen molar-refractivity contribution in [1.82, 2.24) is 9.97 Å². The largest absolute Gasteiger partial charge is 0.395 e. The number of nitrogens with zero attached hydrogens (tertiary/aromatic N) is 2. The van der Waals surface area contributed by atoms with Gasteiger partial charge in [0.25, 0.3) is 0 Å². The maximum Gasteiger partial charge on any atom is 0.395 e. The molecule has 124 valence electrons. The third-order valence-corrected chi connectivity index (χ3v) is 4.46. The molecule has 2 heterocycles. The first-order chi connectivity index (χ1) is 11.3. The first-order valence-corrected chi connectivity index (χ1v) is 7.99. The minimum absolute atomic E-state index is 0.0318. The number of aryl methyl sites for hydroxylation is 1. The van der Waals surface area contributed by atoms with Crippen LogP contribution in [-0.2, 0) is 6.42 Å². The van der Waals surface area contributed by atoms with Crippen molar-refractivity contribution >= 4 is 17.2 Å². The van der Waals surface area contributed by atoms with E-state index in [4.69, 9.17) is 5.73 Å². The summed E-state index contributed by atoms with van der Waals surface area (Å²) < 4.78 is 38.3. The van der Waals surface area contributed by atoms with Crippen LogP contribution in [0.4, 0.5) is 19.0 Å². The Morgan fingerprint density at radius 3 is 2.58 bits per heavy atom. The van der Waals surface area contributed by atoms with Gasteiger partial charge in [0, 0.05) is 11.8 Å². The molecule has 0 spiro atoms. The molecule has 0 aliphatic carbocycles. The van der Waals surface area contributed by atoms with Gasteiger partial charge < -0.3 is 5.73 Å². The van der Waals surface area contributed by atoms with Gasteiger partial charge in [-0.1, -0.05) is 23.8 Å². The number of anilines is 1. The van der Waals surface area contributed by atoms with Crippen molar-refractivity contribution in [2.75, 3.05) is 5.73 Å². The van der Waals surface area contributed by atoms with E-state index in [1.807, 2.05) is 31.2 Å². The number of nitrogen functional groups attached to an aromatic ring is 1. The number of aromatic nitrogens is 2. The van der Waals surface area contributed by atoms with Gasteiger partial charge in [0.2, 0.25) is 0 Å². The highest BCUT2D eigenvalue weighted by Crippen LogP contribution is 2.39. The Bertz CT molecular complexity index is 809. The Kier molecular flexibility index (Phi) is 4.28. The van der Waals surface area contributed by atoms with Crippen LogP contribution in [0.25, 0.3) is 21.7 Å². The van der Waals surface area contributed by atoms with Crippen LogP contribution in [0.5, 0.6) is 0 Å². The highest BCUT2D eigenvalue weighted by atomic mass is 32.1. The van der Waals surface area contributed by atoms with Crippen molar-refractivity contribution in [1.29, 1.82) is 0 Å². The van der Waals surface area contributed by atoms with Crippen LogP contribution in [0.15, 0.2) is 42.6 Å². The van der Waals surface area contributed by atoms with E-state index in [-0.39, 0.29) is 5.01 Å². The summed E-state index contributed by atoms with van der Waals surface area (Å²) in [5.74, 6) is 0.313. The summed E-state index contributed by atoms with van der Waals surface area (Å²) in [7, 11) is 0. The Balaban J connectivity index is 2.15. The van der Waals surface area contributed by atoms with E-state index in [0.29, 0.717) is 22.0 Å². The molecule has 1 aromatic carbocycles. The average molecular weight is 349 g/mol. The number of alkyl halides is 3. The predicted octanol–water partition coefficient (Wildman–Crippen LogP) is 4.87. The summed E-state index contributed by atoms with van der Waals surface area (Å²) in [5.41, 5.74) is 8.75. The van der Waals surface area contributed by atoms with E-state index in [2.05, 4.69) is 9.97 Å². The molecule has 0 bridgehead atoms. The van der Waals surface area contributed by atoms with E-state index in [9.17, 15) is 13.2 Å². The van der Waals surface area contributed by atoms with E-state index < -0.39 is 12.6 Å². The fraction of sp³-hybridized carbons (Fsp3) is 0.176. The van der Waals surface area contributed by atoms with Gasteiger partial charge in [-0.2, -0.15) is 13.2 Å². The molecule has 3 rings (SSSR count). The lowest BCUT2D eigenvalue weighted by atomic mass is 10.1. The molecule has 2 N–H and O–H groups in total. The highest BCUT2D eigenvalue weighted by molar-refractivity contribution is 7.15. The zero-order valence-electron chi connectivity index (χ0n) is 12.8. The maximum absolute atomic E-state index is 12.8. The Labute approximate surface area is 141 Å². The molecule has 7 heteroatoms. The van der Waals surface area contributed by atoms with E-state index >= 15 is 0 Å². The van der Waals surface area contributed by atoms with Crippen molar-refractivity contribution in [3.63, 3.8) is 0 Å². The second kappa shape index (κ2) is 6.24. The molecule has 3 nitrogen and oxygen atoms in total. The van der Waals surface area contributed by atoms with Crippen LogP contribution in [0, 0.1) is 6.92 Å². The van der Waals surface area contributed by atoms with Crippen LogP contribution in [0.2, 0.25) is 0 Å². The molecule has 0 aliphatic rings. The van der Waals surface area contributed by atoms with Crippen LogP contribution in [-0.4, -0.2) is 16.1 Å². The molecule has 0 saturated carbocycles. The summed E-state index contributed by atoms with van der Waals surface area (Å²) in [6.45, 7) is 1.93. The zero-order valence-corrected chi connectivity index (χ0v) is 13.6. The molecule has 3 aromatic rings. The summed E-state index contributed by atoms with van der Waals surface area (Å²) in [6, 6.07) is 10.9. The van der Waals surface area contributed by atoms with Crippen LogP contribution in [0.1, 0.15) is 10.6 Å². The van der Waals surface area contributed by atoms with Gasteiger partial charge in [0.15, 0.2) is 0 Å². The molecular formula is C17H14F3N3S. The van der Waals surface area contributed by atoms with Crippen LogP contribution < -0.4 is 5.73 Å². The minimum atomic E-state index is -4.30. The van der Waals surface area contributed by atoms with Gasteiger partial charge in [-0.25, -0.2) is 9.97 Å². The lowest BCUT2D eigenvalue weighted by molar-refractivity contribution is -0.127. The standard InChI is InChI=1S/C17H14F3N3S/c1-10-3-2-4-11(7-10)15-16(12-5-6-22-13(21)8-12)24-14(23-15)9-17(18,19)20/h2-8H,9H2,1H3,(H2,21,22). The zero-order chi connectivity index (χ0) is 17.3. The van der Waals surface area contributed by atoms with Gasteiger partial charge in [-0.3, -0.25) is 0 Å². The Hall–Kier alpha value is -2.41. The van der Waals surface area contributed by atoms with Crippen molar-refractivity contribution in [2.45, 2.75) is 19.5 Å². The lowest BCUT2D eigenvalue weighted by Gasteiger charge is -2.04. The summed E-state index contributed by atoms with van der Waals surface area (Å²) >= 11 is 1.03. The minimum Gasteiger partial charge on any atom is -0.384 e. The molecule has 0 unspecified atom stereocenters. The number of pyridine rings is 1. The number of thiazole rings is 1. The van der Waals surface area contributed by atoms with Crippen molar-refractivity contribution in [2.24, 2.45) is 0 Å². The first-order valence-electron chi connectivity index (χ1n) is 7.17. The van der Waals surface area contributed by atoms with Crippen molar-refractivity contribution in [3.8, 4) is 21.7 Å². The molecule has 0 fully saturated rings. The highest BCUT2D eigenvalue weighted by Gasteiger charge is 2.30. The second-order valence-corrected chi connectivity index (χ2v) is 6.50. The van der Waals surface area contributed by atoms with Crippen LogP contribution >= 0.6 is 11.3 Å². The Morgan fingerprint density at radius 1 is 1.12 bits per heavy atom. The number of hydrogen-bond donors (Lipinski definition) is 1. The summed E-state index contributed by atoms with van der Waals surface area (Å²) in [5, 5.41) is 0.0318. The molecule has 0 saturated heterocycles. The van der Waals surface area contributed by atoms with Gasteiger partial charge in [-0.15, -0.1) is 11.3 Å². The normalized spacial score (nSPS) is 11.7. The first kappa shape index (κ1) is 16.4. The monoisotopic (exact) mass is 349 g/mol. The predicted molar refractivity (Wildman–Crippen MR) is 89.7 cm³/mol. The van der Waals surface area contributed by atoms with Crippen molar-refractivity contribution < 1.29 is 13.2 Å². The third kappa shape index (κ3) is 3.73. The second-order valence-electron chi connectivity index (χ2n) is 5.42.